The number of rotatable bonds is 4. The number of aryl methyl sites for hydroxylation is 1. The van der Waals surface area contributed by atoms with Crippen LogP contribution in [0.15, 0.2) is 18.5 Å². The lowest BCUT2D eigenvalue weighted by atomic mass is 10.0. The summed E-state index contributed by atoms with van der Waals surface area (Å²) in [5, 5.41) is 7.24. The van der Waals surface area contributed by atoms with Gasteiger partial charge in [-0.05, 0) is 39.7 Å². The van der Waals surface area contributed by atoms with Gasteiger partial charge in [-0.1, -0.05) is 0 Å². The van der Waals surface area contributed by atoms with Crippen LogP contribution < -0.4 is 5.32 Å². The number of hydrogen-bond acceptors (Lipinski definition) is 5. The second-order valence-corrected chi connectivity index (χ2v) is 6.53. The second kappa shape index (κ2) is 6.68. The molecule has 7 heteroatoms. The highest BCUT2D eigenvalue weighted by molar-refractivity contribution is 5.93. The molecule has 1 unspecified atom stereocenters. The Balaban J connectivity index is 1.69. The van der Waals surface area contributed by atoms with Crippen molar-refractivity contribution in [2.45, 2.75) is 52.7 Å². The number of anilines is 1. The lowest BCUT2D eigenvalue weighted by Gasteiger charge is -2.32. The molecule has 0 aliphatic carbocycles. The maximum Gasteiger partial charge on any atom is 0.242 e. The molecule has 1 aliphatic rings. The number of amides is 1. The Morgan fingerprint density at radius 2 is 2.12 bits per heavy atom. The molecule has 1 N–H and O–H groups in total. The van der Waals surface area contributed by atoms with Crippen LogP contribution in [0, 0.1) is 6.92 Å². The van der Waals surface area contributed by atoms with Gasteiger partial charge in [0, 0.05) is 31.4 Å². The molecule has 1 atom stereocenters. The highest BCUT2D eigenvalue weighted by Gasteiger charge is 2.27. The molecule has 128 valence electrons. The van der Waals surface area contributed by atoms with Gasteiger partial charge in [-0.25, -0.2) is 14.6 Å². The summed E-state index contributed by atoms with van der Waals surface area (Å²) in [7, 11) is 0. The minimum absolute atomic E-state index is 0.0216. The lowest BCUT2D eigenvalue weighted by molar-refractivity contribution is -0.121. The number of carbonyl (C=O) groups is 1. The zero-order chi connectivity index (χ0) is 17.3. The van der Waals surface area contributed by atoms with Crippen molar-refractivity contribution >= 4 is 11.7 Å². The topological polar surface area (TPSA) is 75.9 Å². The van der Waals surface area contributed by atoms with Crippen LogP contribution in [-0.2, 0) is 17.8 Å². The standard InChI is InChI=1S/C17H24N6O/c1-11(2)23-16(5-7-19-23)21-17(24)12(3)22-8-6-14-9-18-13(4)20-15(14)10-22/h5,7,9,11-12H,6,8,10H2,1-4H3,(H,21,24). The predicted molar refractivity (Wildman–Crippen MR) is 91.6 cm³/mol. The normalized spacial score (nSPS) is 16.0. The molecule has 2 aromatic rings. The summed E-state index contributed by atoms with van der Waals surface area (Å²) in [6, 6.07) is 1.79. The van der Waals surface area contributed by atoms with E-state index < -0.39 is 0 Å². The number of fused-ring (bicyclic) bond motifs is 1. The lowest BCUT2D eigenvalue weighted by Crippen LogP contribution is -2.45. The molecular weight excluding hydrogens is 304 g/mol. The molecule has 0 saturated carbocycles. The number of hydrogen-bond donors (Lipinski definition) is 1. The monoisotopic (exact) mass is 328 g/mol. The van der Waals surface area contributed by atoms with Crippen molar-refractivity contribution in [3.05, 3.63) is 35.5 Å². The summed E-state index contributed by atoms with van der Waals surface area (Å²) < 4.78 is 1.81. The predicted octanol–water partition coefficient (Wildman–Crippen LogP) is 1.95. The Morgan fingerprint density at radius 3 is 2.88 bits per heavy atom. The number of nitrogens with one attached hydrogen (secondary N) is 1. The molecular formula is C17H24N6O. The molecule has 7 nitrogen and oxygen atoms in total. The third kappa shape index (κ3) is 3.31. The minimum Gasteiger partial charge on any atom is -0.310 e. The minimum atomic E-state index is -0.232. The zero-order valence-corrected chi connectivity index (χ0v) is 14.7. The fourth-order valence-electron chi connectivity index (χ4n) is 2.97. The Hall–Kier alpha value is -2.28. The Labute approximate surface area is 142 Å². The van der Waals surface area contributed by atoms with Gasteiger partial charge in [-0.15, -0.1) is 0 Å². The van der Waals surface area contributed by atoms with Crippen molar-refractivity contribution in [1.82, 2.24) is 24.6 Å². The molecule has 0 saturated heterocycles. The molecule has 1 aliphatic heterocycles. The summed E-state index contributed by atoms with van der Waals surface area (Å²) in [5.41, 5.74) is 2.21. The fraction of sp³-hybridized carbons (Fsp3) is 0.529. The average Bonchev–Trinajstić information content (AvgIpc) is 3.01. The van der Waals surface area contributed by atoms with Gasteiger partial charge in [0.25, 0.3) is 0 Å². The van der Waals surface area contributed by atoms with Gasteiger partial charge in [0.15, 0.2) is 0 Å². The van der Waals surface area contributed by atoms with Crippen molar-refractivity contribution < 1.29 is 4.79 Å². The molecule has 3 rings (SSSR count). The van der Waals surface area contributed by atoms with Crippen LogP contribution in [0.4, 0.5) is 5.82 Å². The molecule has 0 spiro atoms. The van der Waals surface area contributed by atoms with Gasteiger partial charge in [-0.3, -0.25) is 9.69 Å². The fourth-order valence-corrected chi connectivity index (χ4v) is 2.97. The van der Waals surface area contributed by atoms with E-state index in [9.17, 15) is 4.79 Å². The number of nitrogens with zero attached hydrogens (tertiary/aromatic N) is 5. The van der Waals surface area contributed by atoms with Crippen molar-refractivity contribution in [3.8, 4) is 0 Å². The van der Waals surface area contributed by atoms with E-state index >= 15 is 0 Å². The summed E-state index contributed by atoms with van der Waals surface area (Å²) in [5.74, 6) is 1.48. The molecule has 0 radical (unpaired) electrons. The first-order valence-corrected chi connectivity index (χ1v) is 8.35. The molecule has 0 bridgehead atoms. The quantitative estimate of drug-likeness (QED) is 0.928. The van der Waals surface area contributed by atoms with Crippen molar-refractivity contribution in [2.24, 2.45) is 0 Å². The SMILES string of the molecule is Cc1ncc2c(n1)CN(C(C)C(=O)Nc1ccnn1C(C)C)CC2. The summed E-state index contributed by atoms with van der Waals surface area (Å²) >= 11 is 0. The first-order chi connectivity index (χ1) is 11.5. The van der Waals surface area contributed by atoms with Crippen molar-refractivity contribution in [3.63, 3.8) is 0 Å². The van der Waals surface area contributed by atoms with E-state index in [1.807, 2.05) is 44.6 Å². The summed E-state index contributed by atoms with van der Waals surface area (Å²) in [6.07, 6.45) is 4.48. The van der Waals surface area contributed by atoms with Crippen LogP contribution in [0.1, 0.15) is 43.9 Å². The molecule has 0 fully saturated rings. The number of carbonyl (C=O) groups excluding carboxylic acids is 1. The van der Waals surface area contributed by atoms with Crippen LogP contribution in [0.2, 0.25) is 0 Å². The van der Waals surface area contributed by atoms with E-state index in [0.29, 0.717) is 6.54 Å². The van der Waals surface area contributed by atoms with Gasteiger partial charge in [0.05, 0.1) is 17.9 Å². The van der Waals surface area contributed by atoms with Gasteiger partial charge in [0.2, 0.25) is 5.91 Å². The smallest absolute Gasteiger partial charge is 0.242 e. The van der Waals surface area contributed by atoms with Crippen molar-refractivity contribution in [2.75, 3.05) is 11.9 Å². The molecule has 24 heavy (non-hydrogen) atoms. The molecule has 2 aromatic heterocycles. The van der Waals surface area contributed by atoms with E-state index in [-0.39, 0.29) is 18.0 Å². The maximum atomic E-state index is 12.6. The average molecular weight is 328 g/mol. The van der Waals surface area contributed by atoms with Crippen molar-refractivity contribution in [1.29, 1.82) is 0 Å². The van der Waals surface area contributed by atoms with Crippen LogP contribution in [0.25, 0.3) is 0 Å². The van der Waals surface area contributed by atoms with Gasteiger partial charge in [0.1, 0.15) is 11.6 Å². The van der Waals surface area contributed by atoms with E-state index in [1.165, 1.54) is 5.56 Å². The third-order valence-corrected chi connectivity index (χ3v) is 4.43. The third-order valence-electron chi connectivity index (χ3n) is 4.43. The Morgan fingerprint density at radius 1 is 1.33 bits per heavy atom. The van der Waals surface area contributed by atoms with Crippen LogP contribution in [0.5, 0.6) is 0 Å². The van der Waals surface area contributed by atoms with Gasteiger partial charge in [-0.2, -0.15) is 5.10 Å². The molecule has 1 amide bonds. The Kier molecular flexibility index (Phi) is 4.62. The van der Waals surface area contributed by atoms with Gasteiger partial charge >= 0.3 is 0 Å². The second-order valence-electron chi connectivity index (χ2n) is 6.53. The molecule has 0 aromatic carbocycles. The molecule has 3 heterocycles. The highest BCUT2D eigenvalue weighted by Crippen LogP contribution is 2.20. The largest absolute Gasteiger partial charge is 0.310 e. The van der Waals surface area contributed by atoms with Crippen LogP contribution >= 0.6 is 0 Å². The zero-order valence-electron chi connectivity index (χ0n) is 14.7. The number of aromatic nitrogens is 4. The van der Waals surface area contributed by atoms with Gasteiger partial charge < -0.3 is 5.32 Å². The first-order valence-electron chi connectivity index (χ1n) is 8.35. The van der Waals surface area contributed by atoms with E-state index in [2.05, 4.69) is 25.3 Å². The van der Waals surface area contributed by atoms with E-state index in [4.69, 9.17) is 0 Å². The van der Waals surface area contributed by atoms with E-state index in [0.717, 1.165) is 30.3 Å². The van der Waals surface area contributed by atoms with Crippen LogP contribution in [-0.4, -0.2) is 43.1 Å². The summed E-state index contributed by atoms with van der Waals surface area (Å²) in [4.78, 5) is 23.6. The van der Waals surface area contributed by atoms with E-state index in [1.54, 1.807) is 6.20 Å². The first kappa shape index (κ1) is 16.6. The Bertz CT molecular complexity index is 738. The highest BCUT2D eigenvalue weighted by atomic mass is 16.2. The summed E-state index contributed by atoms with van der Waals surface area (Å²) in [6.45, 7) is 9.41. The van der Waals surface area contributed by atoms with Crippen LogP contribution in [0.3, 0.4) is 0 Å². The maximum absolute atomic E-state index is 12.6.